The molecule has 0 aliphatic heterocycles. The van der Waals surface area contributed by atoms with Gasteiger partial charge in [-0.15, -0.1) is 0 Å². The van der Waals surface area contributed by atoms with Crippen molar-refractivity contribution < 1.29 is 4.79 Å². The summed E-state index contributed by atoms with van der Waals surface area (Å²) in [6.07, 6.45) is 4.37. The van der Waals surface area contributed by atoms with Crippen LogP contribution < -0.4 is 16.8 Å². The lowest BCUT2D eigenvalue weighted by Crippen LogP contribution is -2.19. The van der Waals surface area contributed by atoms with Crippen LogP contribution in [0.2, 0.25) is 0 Å². The molecule has 1 aliphatic rings. The van der Waals surface area contributed by atoms with Gasteiger partial charge >= 0.3 is 6.03 Å². The Bertz CT molecular complexity index is 1290. The Morgan fingerprint density at radius 2 is 2.03 bits per heavy atom. The number of carbonyl (C=O) groups is 1. The number of anilines is 2. The van der Waals surface area contributed by atoms with E-state index in [1.54, 1.807) is 12.3 Å². The van der Waals surface area contributed by atoms with Crippen LogP contribution in [0.15, 0.2) is 42.6 Å². The number of nitrogen functional groups attached to an aromatic ring is 1. The Kier molecular flexibility index (Phi) is 4.67. The summed E-state index contributed by atoms with van der Waals surface area (Å²) in [7, 11) is 0. The molecule has 5 N–H and O–H groups in total. The maximum absolute atomic E-state index is 11.4. The fraction of sp³-hybridized carbons (Fsp3) is 0.182. The number of aryl methyl sites for hydroxylation is 2. The van der Waals surface area contributed by atoms with Gasteiger partial charge in [-0.3, -0.25) is 5.32 Å². The van der Waals surface area contributed by atoms with Crippen molar-refractivity contribution in [3.05, 3.63) is 59.4 Å². The fourth-order valence-electron chi connectivity index (χ4n) is 3.97. The Hall–Kier alpha value is -3.72. The number of hydrogen-bond donors (Lipinski definition) is 3. The third kappa shape index (κ3) is 3.42. The van der Waals surface area contributed by atoms with Gasteiger partial charge in [-0.25, -0.2) is 19.4 Å². The third-order valence-electron chi connectivity index (χ3n) is 5.37. The molecule has 0 saturated carbocycles. The molecule has 3 heterocycles. The van der Waals surface area contributed by atoms with E-state index < -0.39 is 6.03 Å². The van der Waals surface area contributed by atoms with Crippen molar-refractivity contribution in [2.75, 3.05) is 11.1 Å². The molecule has 8 nitrogen and oxygen atoms in total. The van der Waals surface area contributed by atoms with Gasteiger partial charge in [0.05, 0.1) is 27.6 Å². The summed E-state index contributed by atoms with van der Waals surface area (Å²) in [6, 6.07) is 11.3. The van der Waals surface area contributed by atoms with E-state index in [0.29, 0.717) is 10.9 Å². The normalized spacial score (nSPS) is 12.7. The van der Waals surface area contributed by atoms with Gasteiger partial charge in [0.15, 0.2) is 5.13 Å². The minimum absolute atomic E-state index is 0.472. The van der Waals surface area contributed by atoms with Crippen LogP contribution in [0.25, 0.3) is 27.5 Å². The Labute approximate surface area is 182 Å². The second-order valence-electron chi connectivity index (χ2n) is 7.48. The second-order valence-corrected chi connectivity index (χ2v) is 8.48. The molecule has 0 unspecified atom stereocenters. The zero-order valence-corrected chi connectivity index (χ0v) is 17.7. The standard InChI is InChI=1S/C22H21N7OS/c1-12-5-2-3-8-16(12)29-19-14(18(28-29)13-9-10-17(23)25-11-13)6-4-7-15-20(19)31-22(26-15)27-21(24)30/h2-3,5,8-11H,4,6-7H2,1H3,(H2,23,25)(H3,24,26,27,30). The van der Waals surface area contributed by atoms with Crippen molar-refractivity contribution in [2.24, 2.45) is 5.73 Å². The van der Waals surface area contributed by atoms with E-state index in [0.717, 1.165) is 63.6 Å². The van der Waals surface area contributed by atoms with Gasteiger partial charge in [-0.2, -0.15) is 5.10 Å². The summed E-state index contributed by atoms with van der Waals surface area (Å²) < 4.78 is 1.99. The van der Waals surface area contributed by atoms with E-state index in [1.807, 2.05) is 22.9 Å². The molecule has 156 valence electrons. The third-order valence-corrected chi connectivity index (χ3v) is 6.39. The highest BCUT2D eigenvalue weighted by Gasteiger charge is 2.28. The first kappa shape index (κ1) is 19.3. The number of fused-ring (bicyclic) bond motifs is 3. The number of aromatic nitrogens is 4. The molecular weight excluding hydrogens is 410 g/mol. The molecule has 0 atom stereocenters. The zero-order chi connectivity index (χ0) is 21.5. The predicted molar refractivity (Wildman–Crippen MR) is 122 cm³/mol. The van der Waals surface area contributed by atoms with Crippen LogP contribution in [0, 0.1) is 6.92 Å². The Morgan fingerprint density at radius 3 is 2.77 bits per heavy atom. The summed E-state index contributed by atoms with van der Waals surface area (Å²) in [4.78, 5) is 21.3. The lowest BCUT2D eigenvalue weighted by molar-refractivity contribution is 0.259. The van der Waals surface area contributed by atoms with Crippen molar-refractivity contribution in [1.82, 2.24) is 19.7 Å². The van der Waals surface area contributed by atoms with Gasteiger partial charge in [-0.1, -0.05) is 29.5 Å². The minimum atomic E-state index is -0.620. The van der Waals surface area contributed by atoms with E-state index in [9.17, 15) is 4.79 Å². The minimum Gasteiger partial charge on any atom is -0.384 e. The molecule has 0 bridgehead atoms. The van der Waals surface area contributed by atoms with Gasteiger partial charge in [-0.05, 0) is 49.9 Å². The topological polar surface area (TPSA) is 125 Å². The molecule has 0 saturated heterocycles. The Balaban J connectivity index is 1.78. The number of rotatable bonds is 3. The zero-order valence-electron chi connectivity index (χ0n) is 16.9. The molecular formula is C22H21N7OS. The number of nitrogens with zero attached hydrogens (tertiary/aromatic N) is 4. The number of primary amides is 1. The first-order valence-electron chi connectivity index (χ1n) is 9.97. The van der Waals surface area contributed by atoms with Crippen LogP contribution in [0.1, 0.15) is 23.2 Å². The monoisotopic (exact) mass is 431 g/mol. The highest BCUT2D eigenvalue weighted by molar-refractivity contribution is 7.19. The van der Waals surface area contributed by atoms with Crippen LogP contribution in [-0.2, 0) is 12.8 Å². The quantitative estimate of drug-likeness (QED) is 0.453. The van der Waals surface area contributed by atoms with Crippen molar-refractivity contribution in [1.29, 1.82) is 0 Å². The summed E-state index contributed by atoms with van der Waals surface area (Å²) in [5.41, 5.74) is 18.1. The number of carbonyl (C=O) groups excluding carboxylic acids is 1. The van der Waals surface area contributed by atoms with Crippen LogP contribution in [0.5, 0.6) is 0 Å². The van der Waals surface area contributed by atoms with E-state index >= 15 is 0 Å². The number of nitrogens with one attached hydrogen (secondary N) is 1. The van der Waals surface area contributed by atoms with E-state index in [2.05, 4.69) is 34.3 Å². The number of para-hydroxylation sites is 1. The van der Waals surface area contributed by atoms with Crippen molar-refractivity contribution in [3.8, 4) is 27.5 Å². The molecule has 1 aliphatic carbocycles. The molecule has 4 aromatic rings. The number of benzene rings is 1. The summed E-state index contributed by atoms with van der Waals surface area (Å²) in [6.45, 7) is 2.07. The molecule has 0 radical (unpaired) electrons. The number of hydrogen-bond acceptors (Lipinski definition) is 6. The summed E-state index contributed by atoms with van der Waals surface area (Å²) in [5.74, 6) is 0.472. The van der Waals surface area contributed by atoms with Crippen LogP contribution in [0.3, 0.4) is 0 Å². The van der Waals surface area contributed by atoms with Gasteiger partial charge in [0.25, 0.3) is 0 Å². The van der Waals surface area contributed by atoms with Crippen molar-refractivity contribution in [3.63, 3.8) is 0 Å². The van der Waals surface area contributed by atoms with Crippen molar-refractivity contribution in [2.45, 2.75) is 26.2 Å². The number of nitrogens with two attached hydrogens (primary N) is 2. The second kappa shape index (κ2) is 7.51. The number of pyridine rings is 1. The summed E-state index contributed by atoms with van der Waals surface area (Å²) >= 11 is 1.43. The summed E-state index contributed by atoms with van der Waals surface area (Å²) in [5, 5.41) is 8.16. The molecule has 2 amide bonds. The van der Waals surface area contributed by atoms with Crippen LogP contribution in [0.4, 0.5) is 15.7 Å². The molecule has 5 rings (SSSR count). The maximum Gasteiger partial charge on any atom is 0.318 e. The fourth-order valence-corrected chi connectivity index (χ4v) is 5.04. The van der Waals surface area contributed by atoms with E-state index in [4.69, 9.17) is 16.6 Å². The van der Waals surface area contributed by atoms with E-state index in [1.165, 1.54) is 11.3 Å². The number of urea groups is 1. The smallest absolute Gasteiger partial charge is 0.318 e. The molecule has 9 heteroatoms. The molecule has 0 spiro atoms. The Morgan fingerprint density at radius 1 is 1.19 bits per heavy atom. The van der Waals surface area contributed by atoms with Gasteiger partial charge in [0.2, 0.25) is 0 Å². The lowest BCUT2D eigenvalue weighted by Gasteiger charge is -2.10. The molecule has 0 fully saturated rings. The average molecular weight is 432 g/mol. The van der Waals surface area contributed by atoms with E-state index in [-0.39, 0.29) is 0 Å². The van der Waals surface area contributed by atoms with Crippen LogP contribution in [-0.4, -0.2) is 25.8 Å². The first-order valence-corrected chi connectivity index (χ1v) is 10.8. The van der Waals surface area contributed by atoms with Crippen LogP contribution >= 0.6 is 11.3 Å². The highest BCUT2D eigenvalue weighted by atomic mass is 32.1. The first-order chi connectivity index (χ1) is 15.0. The number of amides is 2. The lowest BCUT2D eigenvalue weighted by atomic mass is 10.0. The predicted octanol–water partition coefficient (Wildman–Crippen LogP) is 3.93. The van der Waals surface area contributed by atoms with Gasteiger partial charge < -0.3 is 11.5 Å². The molecule has 1 aromatic carbocycles. The number of thiazole rings is 1. The molecule has 31 heavy (non-hydrogen) atoms. The van der Waals surface area contributed by atoms with Gasteiger partial charge in [0, 0.05) is 17.3 Å². The van der Waals surface area contributed by atoms with Gasteiger partial charge in [0.1, 0.15) is 5.82 Å². The SMILES string of the molecule is Cc1ccccc1-n1nc(-c2ccc(N)nc2)c2c1-c1sc(NC(N)=O)nc1CCC2. The maximum atomic E-state index is 11.4. The highest BCUT2D eigenvalue weighted by Crippen LogP contribution is 2.43. The molecule has 3 aromatic heterocycles. The largest absolute Gasteiger partial charge is 0.384 e. The average Bonchev–Trinajstić information content (AvgIpc) is 3.25. The van der Waals surface area contributed by atoms with Crippen molar-refractivity contribution >= 4 is 28.3 Å².